The van der Waals surface area contributed by atoms with Gasteiger partial charge in [0, 0.05) is 25.6 Å². The van der Waals surface area contributed by atoms with E-state index in [1.54, 1.807) is 0 Å². The Bertz CT molecular complexity index is 328. The van der Waals surface area contributed by atoms with Crippen LogP contribution in [0, 0.1) is 17.8 Å². The van der Waals surface area contributed by atoms with Crippen LogP contribution in [0.25, 0.3) is 0 Å². The average Bonchev–Trinajstić information content (AvgIpc) is 2.52. The van der Waals surface area contributed by atoms with Crippen LogP contribution in [-0.4, -0.2) is 39.9 Å². The molecule has 0 aliphatic heterocycles. The standard InChI is InChI=1S/C20H40O4/c1-16(9-10-19(23)18(3)11-14-21)7-5-12-20(4,24)13-6-8-17(2)15-22/h16-18,21-22,24H,5-15H2,1-4H3/t16-,17-,18-,20+/m1/s1. The summed E-state index contributed by atoms with van der Waals surface area (Å²) in [6, 6.07) is 0. The van der Waals surface area contributed by atoms with Crippen molar-refractivity contribution in [1.29, 1.82) is 0 Å². The van der Waals surface area contributed by atoms with E-state index >= 15 is 0 Å². The van der Waals surface area contributed by atoms with Gasteiger partial charge in [-0.1, -0.05) is 40.0 Å². The highest BCUT2D eigenvalue weighted by Gasteiger charge is 2.20. The largest absolute Gasteiger partial charge is 0.396 e. The Morgan fingerprint density at radius 3 is 1.96 bits per heavy atom. The molecule has 0 bridgehead atoms. The lowest BCUT2D eigenvalue weighted by Gasteiger charge is -2.24. The highest BCUT2D eigenvalue weighted by atomic mass is 16.3. The van der Waals surface area contributed by atoms with E-state index in [-0.39, 0.29) is 24.9 Å². The molecule has 0 aromatic carbocycles. The van der Waals surface area contributed by atoms with Gasteiger partial charge in [0.05, 0.1) is 5.60 Å². The Balaban J connectivity index is 3.85. The molecule has 0 aromatic rings. The van der Waals surface area contributed by atoms with Crippen molar-refractivity contribution in [3.8, 4) is 0 Å². The molecule has 0 spiro atoms. The number of hydrogen-bond donors (Lipinski definition) is 3. The molecule has 4 nitrogen and oxygen atoms in total. The summed E-state index contributed by atoms with van der Waals surface area (Å²) in [7, 11) is 0. The maximum absolute atomic E-state index is 11.9. The minimum atomic E-state index is -0.625. The molecule has 0 radical (unpaired) electrons. The normalized spacial score (nSPS) is 18.0. The molecule has 0 unspecified atom stereocenters. The van der Waals surface area contributed by atoms with Gasteiger partial charge in [-0.2, -0.15) is 0 Å². The number of ketones is 1. The lowest BCUT2D eigenvalue weighted by atomic mass is 9.88. The molecule has 0 aliphatic carbocycles. The van der Waals surface area contributed by atoms with Gasteiger partial charge < -0.3 is 15.3 Å². The van der Waals surface area contributed by atoms with Gasteiger partial charge in [-0.25, -0.2) is 0 Å². The van der Waals surface area contributed by atoms with Crippen molar-refractivity contribution in [3.63, 3.8) is 0 Å². The third-order valence-corrected chi connectivity index (χ3v) is 5.13. The molecule has 3 N–H and O–H groups in total. The van der Waals surface area contributed by atoms with Crippen LogP contribution in [-0.2, 0) is 4.79 Å². The summed E-state index contributed by atoms with van der Waals surface area (Å²) < 4.78 is 0. The first kappa shape index (κ1) is 23.5. The van der Waals surface area contributed by atoms with E-state index in [4.69, 9.17) is 10.2 Å². The lowest BCUT2D eigenvalue weighted by molar-refractivity contribution is -0.123. The summed E-state index contributed by atoms with van der Waals surface area (Å²) in [4.78, 5) is 11.9. The first-order valence-corrected chi connectivity index (χ1v) is 9.68. The predicted molar refractivity (Wildman–Crippen MR) is 98.8 cm³/mol. The second-order valence-electron chi connectivity index (χ2n) is 8.09. The number of carbonyl (C=O) groups excluding carboxylic acids is 1. The van der Waals surface area contributed by atoms with E-state index in [9.17, 15) is 9.90 Å². The molecule has 24 heavy (non-hydrogen) atoms. The summed E-state index contributed by atoms with van der Waals surface area (Å²) >= 11 is 0. The molecule has 0 saturated carbocycles. The fourth-order valence-electron chi connectivity index (χ4n) is 3.01. The summed E-state index contributed by atoms with van der Waals surface area (Å²) in [5.74, 6) is 1.01. The van der Waals surface area contributed by atoms with Crippen LogP contribution in [0.3, 0.4) is 0 Å². The van der Waals surface area contributed by atoms with Gasteiger partial charge in [-0.3, -0.25) is 4.79 Å². The summed E-state index contributed by atoms with van der Waals surface area (Å²) in [5.41, 5.74) is -0.625. The van der Waals surface area contributed by atoms with Gasteiger partial charge >= 0.3 is 0 Å². The highest BCUT2D eigenvalue weighted by molar-refractivity contribution is 5.80. The lowest BCUT2D eigenvalue weighted by Crippen LogP contribution is -2.24. The smallest absolute Gasteiger partial charge is 0.135 e. The summed E-state index contributed by atoms with van der Waals surface area (Å²) in [6.07, 6.45) is 7.53. The number of aliphatic hydroxyl groups is 3. The first-order chi connectivity index (χ1) is 11.2. The molecule has 0 aromatic heterocycles. The average molecular weight is 345 g/mol. The number of Topliss-reactive ketones (excluding diaryl/α,β-unsaturated/α-hetero) is 1. The Morgan fingerprint density at radius 2 is 1.46 bits per heavy atom. The molecule has 0 heterocycles. The van der Waals surface area contributed by atoms with Crippen molar-refractivity contribution in [3.05, 3.63) is 0 Å². The minimum Gasteiger partial charge on any atom is -0.396 e. The van der Waals surface area contributed by atoms with Crippen LogP contribution < -0.4 is 0 Å². The molecule has 0 rings (SSSR count). The Morgan fingerprint density at radius 1 is 0.917 bits per heavy atom. The molecule has 144 valence electrons. The zero-order chi connectivity index (χ0) is 18.6. The van der Waals surface area contributed by atoms with Crippen LogP contribution >= 0.6 is 0 Å². The van der Waals surface area contributed by atoms with Crippen molar-refractivity contribution in [2.24, 2.45) is 17.8 Å². The van der Waals surface area contributed by atoms with Crippen molar-refractivity contribution in [2.45, 2.75) is 91.1 Å². The fourth-order valence-corrected chi connectivity index (χ4v) is 3.01. The maximum atomic E-state index is 11.9. The number of rotatable bonds is 15. The van der Waals surface area contributed by atoms with E-state index in [1.807, 2.05) is 20.8 Å². The molecular weight excluding hydrogens is 304 g/mol. The fraction of sp³-hybridized carbons (Fsp3) is 0.950. The quantitative estimate of drug-likeness (QED) is 0.423. The Labute approximate surface area is 148 Å². The molecule has 0 amide bonds. The summed E-state index contributed by atoms with van der Waals surface area (Å²) in [5, 5.41) is 28.3. The van der Waals surface area contributed by atoms with Crippen LogP contribution in [0.5, 0.6) is 0 Å². The van der Waals surface area contributed by atoms with E-state index in [0.717, 1.165) is 44.9 Å². The van der Waals surface area contributed by atoms with Crippen LogP contribution in [0.2, 0.25) is 0 Å². The molecule has 0 fully saturated rings. The van der Waals surface area contributed by atoms with Crippen molar-refractivity contribution >= 4 is 5.78 Å². The second kappa shape index (κ2) is 12.8. The Kier molecular flexibility index (Phi) is 12.6. The molecule has 4 heteroatoms. The van der Waals surface area contributed by atoms with Gasteiger partial charge in [0.15, 0.2) is 0 Å². The topological polar surface area (TPSA) is 77.8 Å². The zero-order valence-corrected chi connectivity index (χ0v) is 16.3. The summed E-state index contributed by atoms with van der Waals surface area (Å²) in [6.45, 7) is 8.28. The second-order valence-corrected chi connectivity index (χ2v) is 8.09. The minimum absolute atomic E-state index is 0.0377. The van der Waals surface area contributed by atoms with Crippen LogP contribution in [0.1, 0.15) is 85.5 Å². The number of hydrogen-bond acceptors (Lipinski definition) is 4. The maximum Gasteiger partial charge on any atom is 0.135 e. The van der Waals surface area contributed by atoms with E-state index < -0.39 is 5.60 Å². The Hall–Kier alpha value is -0.450. The molecular formula is C20H40O4. The van der Waals surface area contributed by atoms with Gasteiger partial charge in [-0.15, -0.1) is 0 Å². The van der Waals surface area contributed by atoms with Crippen LogP contribution in [0.4, 0.5) is 0 Å². The first-order valence-electron chi connectivity index (χ1n) is 9.68. The van der Waals surface area contributed by atoms with E-state index in [0.29, 0.717) is 24.7 Å². The van der Waals surface area contributed by atoms with Gasteiger partial charge in [0.2, 0.25) is 0 Å². The van der Waals surface area contributed by atoms with E-state index in [1.165, 1.54) is 0 Å². The molecule has 4 atom stereocenters. The highest BCUT2D eigenvalue weighted by Crippen LogP contribution is 2.24. The zero-order valence-electron chi connectivity index (χ0n) is 16.3. The molecule has 0 saturated heterocycles. The number of aliphatic hydroxyl groups excluding tert-OH is 2. The third kappa shape index (κ3) is 12.0. The van der Waals surface area contributed by atoms with Gasteiger partial charge in [-0.05, 0) is 50.9 Å². The van der Waals surface area contributed by atoms with Crippen molar-refractivity contribution in [1.82, 2.24) is 0 Å². The third-order valence-electron chi connectivity index (χ3n) is 5.13. The van der Waals surface area contributed by atoms with Gasteiger partial charge in [0.25, 0.3) is 0 Å². The molecule has 0 aliphatic rings. The SMILES string of the molecule is C[C@H](CCC[C@](C)(O)CCC[C@@H](C)CO)CCC(=O)[C@H](C)CCO. The van der Waals surface area contributed by atoms with Gasteiger partial charge in [0.1, 0.15) is 5.78 Å². The van der Waals surface area contributed by atoms with E-state index in [2.05, 4.69) is 6.92 Å². The number of carbonyl (C=O) groups is 1. The van der Waals surface area contributed by atoms with Crippen molar-refractivity contribution < 1.29 is 20.1 Å². The van der Waals surface area contributed by atoms with Crippen molar-refractivity contribution in [2.75, 3.05) is 13.2 Å². The van der Waals surface area contributed by atoms with Crippen LogP contribution in [0.15, 0.2) is 0 Å². The predicted octanol–water partition coefficient (Wildman–Crippen LogP) is 3.71. The monoisotopic (exact) mass is 344 g/mol.